The Morgan fingerprint density at radius 3 is 1.22 bits per heavy atom. The van der Waals surface area contributed by atoms with E-state index in [9.17, 15) is 8.42 Å². The van der Waals surface area contributed by atoms with Crippen LogP contribution in [0.25, 0.3) is 12.2 Å². The minimum absolute atomic E-state index is 0.754. The van der Waals surface area contributed by atoms with Crippen molar-refractivity contribution in [2.45, 2.75) is 33.4 Å². The van der Waals surface area contributed by atoms with Gasteiger partial charge in [0.25, 0.3) is 0 Å². The Hall–Kier alpha value is -3.08. The molecule has 0 spiro atoms. The van der Waals surface area contributed by atoms with E-state index in [1.807, 2.05) is 123 Å². The topological polar surface area (TPSA) is 34.1 Å². The van der Waals surface area contributed by atoms with E-state index in [-0.39, 0.29) is 0 Å². The molecule has 4 heteroatoms. The summed E-state index contributed by atoms with van der Waals surface area (Å²) >= 11 is 0. The highest BCUT2D eigenvalue weighted by Crippen LogP contribution is 2.25. The molecule has 0 amide bonds. The van der Waals surface area contributed by atoms with Gasteiger partial charge in [0.1, 0.15) is 0 Å². The van der Waals surface area contributed by atoms with Crippen molar-refractivity contribution in [2.24, 2.45) is 0 Å². The molecule has 2 nitrogen and oxygen atoms in total. The Kier molecular flexibility index (Phi) is 6.93. The number of hydrogen-bond acceptors (Lipinski definition) is 2. The van der Waals surface area contributed by atoms with Gasteiger partial charge in [0.2, 0.25) is 0 Å². The van der Waals surface area contributed by atoms with Crippen LogP contribution in [-0.2, 0) is 21.6 Å². The van der Waals surface area contributed by atoms with Crippen LogP contribution in [0.2, 0.25) is 0 Å². The summed E-state index contributed by atoms with van der Waals surface area (Å²) in [5.74, 6) is 0. The van der Waals surface area contributed by atoms with Crippen molar-refractivity contribution in [1.29, 1.82) is 0 Å². The Morgan fingerprint density at radius 1 is 0.500 bits per heavy atom. The summed E-state index contributed by atoms with van der Waals surface area (Å²) < 4.78 is 26.4. The second-order valence-electron chi connectivity index (χ2n) is 7.57. The predicted octanol–water partition coefficient (Wildman–Crippen LogP) is 6.81. The molecule has 0 aromatic heterocycles. The Balaban J connectivity index is 1.66. The molecule has 160 valence electrons. The Bertz CT molecular complexity index is 1200. The van der Waals surface area contributed by atoms with E-state index in [4.69, 9.17) is 0 Å². The first kappa shape index (κ1) is 22.1. The zero-order chi connectivity index (χ0) is 22.5. The average molecular weight is 457 g/mol. The van der Waals surface area contributed by atoms with Crippen molar-refractivity contribution in [3.63, 3.8) is 0 Å². The van der Waals surface area contributed by atoms with Gasteiger partial charge in [0.05, 0.1) is 31.4 Å². The van der Waals surface area contributed by atoms with Crippen LogP contribution in [0.1, 0.15) is 22.3 Å². The number of hydrogen-bond donors (Lipinski definition) is 0. The maximum Gasteiger partial charge on any atom is 0.0855 e. The van der Waals surface area contributed by atoms with Gasteiger partial charge in [-0.3, -0.25) is 0 Å². The molecule has 32 heavy (non-hydrogen) atoms. The number of aryl methyl sites for hydroxylation is 2. The maximum atomic E-state index is 13.2. The van der Waals surface area contributed by atoms with Crippen LogP contribution < -0.4 is 0 Å². The highest BCUT2D eigenvalue weighted by Gasteiger charge is 2.12. The minimum Gasteiger partial charge on any atom is -0.249 e. The molecule has 0 fully saturated rings. The van der Waals surface area contributed by atoms with Crippen molar-refractivity contribution in [1.82, 2.24) is 0 Å². The van der Waals surface area contributed by atoms with Gasteiger partial charge >= 0.3 is 0 Å². The summed E-state index contributed by atoms with van der Waals surface area (Å²) in [5.41, 5.74) is 4.03. The van der Waals surface area contributed by atoms with Gasteiger partial charge in [-0.05, 0) is 61.4 Å². The predicted molar refractivity (Wildman–Crippen MR) is 134 cm³/mol. The van der Waals surface area contributed by atoms with Gasteiger partial charge in [0, 0.05) is 9.79 Å². The fourth-order valence-corrected chi connectivity index (χ4v) is 5.71. The summed E-state index contributed by atoms with van der Waals surface area (Å²) in [6, 6.07) is 30.9. The number of benzene rings is 4. The summed E-state index contributed by atoms with van der Waals surface area (Å²) in [5, 5.41) is 0. The van der Waals surface area contributed by atoms with Crippen molar-refractivity contribution < 1.29 is 8.42 Å². The quantitative estimate of drug-likeness (QED) is 0.299. The highest BCUT2D eigenvalue weighted by atomic mass is 32.2. The molecule has 0 radical (unpaired) electrons. The van der Waals surface area contributed by atoms with Crippen LogP contribution >= 0.6 is 0 Å². The summed E-state index contributed by atoms with van der Waals surface area (Å²) in [4.78, 5) is 3.06. The molecule has 0 saturated heterocycles. The molecule has 0 N–H and O–H groups in total. The third-order valence-corrected chi connectivity index (χ3v) is 8.09. The van der Waals surface area contributed by atoms with Crippen LogP contribution in [0.4, 0.5) is 0 Å². The highest BCUT2D eigenvalue weighted by molar-refractivity contribution is 7.85. The second kappa shape index (κ2) is 10.0. The maximum absolute atomic E-state index is 13.2. The van der Waals surface area contributed by atoms with Crippen molar-refractivity contribution in [3.05, 3.63) is 119 Å². The molecule has 0 saturated carbocycles. The van der Waals surface area contributed by atoms with Crippen molar-refractivity contribution >= 4 is 33.8 Å². The molecule has 4 aromatic carbocycles. The van der Waals surface area contributed by atoms with Crippen LogP contribution in [0, 0.1) is 13.8 Å². The van der Waals surface area contributed by atoms with Crippen LogP contribution in [-0.4, -0.2) is 8.42 Å². The molecule has 2 atom stereocenters. The van der Waals surface area contributed by atoms with E-state index in [2.05, 4.69) is 0 Å². The lowest BCUT2D eigenvalue weighted by atomic mass is 10.1. The summed E-state index contributed by atoms with van der Waals surface area (Å²) in [7, 11) is -2.56. The van der Waals surface area contributed by atoms with E-state index < -0.39 is 21.6 Å². The molecule has 0 unspecified atom stereocenters. The first-order valence-electron chi connectivity index (χ1n) is 10.4. The van der Waals surface area contributed by atoms with Crippen LogP contribution in [0.3, 0.4) is 0 Å². The molecular formula is C28H24O2S2. The average Bonchev–Trinajstić information content (AvgIpc) is 2.83. The van der Waals surface area contributed by atoms with Gasteiger partial charge in [0.15, 0.2) is 0 Å². The first-order chi connectivity index (χ1) is 15.5. The summed E-state index contributed by atoms with van der Waals surface area (Å²) in [6.45, 7) is 4.03. The lowest BCUT2D eigenvalue weighted by Crippen LogP contribution is -1.97. The molecule has 0 bridgehead atoms. The van der Waals surface area contributed by atoms with Gasteiger partial charge in [-0.2, -0.15) is 0 Å². The molecule has 0 heterocycles. The SMILES string of the molecule is Cc1ccc([S@](=O)c2ccccc2/C=C/c2ccccc2[S@@](=O)c2ccc(C)cc2)cc1. The molecule has 4 rings (SSSR count). The summed E-state index contributed by atoms with van der Waals surface area (Å²) in [6.07, 6.45) is 3.90. The van der Waals surface area contributed by atoms with Gasteiger partial charge in [-0.25, -0.2) is 8.42 Å². The van der Waals surface area contributed by atoms with Gasteiger partial charge < -0.3 is 0 Å². The third kappa shape index (κ3) is 5.04. The number of rotatable bonds is 6. The first-order valence-corrected chi connectivity index (χ1v) is 12.7. The van der Waals surface area contributed by atoms with Crippen molar-refractivity contribution in [2.75, 3.05) is 0 Å². The molecule has 4 aromatic rings. The van der Waals surface area contributed by atoms with E-state index in [0.29, 0.717) is 0 Å². The lowest BCUT2D eigenvalue weighted by molar-refractivity contribution is 0.682. The fourth-order valence-electron chi connectivity index (χ4n) is 3.33. The zero-order valence-electron chi connectivity index (χ0n) is 18.0. The molecule has 0 aliphatic heterocycles. The zero-order valence-corrected chi connectivity index (χ0v) is 19.7. The Morgan fingerprint density at radius 2 is 0.844 bits per heavy atom. The second-order valence-corrected chi connectivity index (χ2v) is 10.5. The van der Waals surface area contributed by atoms with Crippen molar-refractivity contribution in [3.8, 4) is 0 Å². The molecule has 0 aliphatic rings. The standard InChI is InChI=1S/C28H24O2S2/c1-21-11-17-25(18-12-21)31(29)27-9-5-3-7-23(27)15-16-24-8-4-6-10-28(24)32(30)26-19-13-22(2)14-20-26/h3-20H,1-2H3/b16-15+/t31-,32-/m0/s1. The van der Waals surface area contributed by atoms with Crippen LogP contribution in [0.15, 0.2) is 117 Å². The Labute approximate surface area is 194 Å². The minimum atomic E-state index is -1.28. The van der Waals surface area contributed by atoms with E-state index in [1.165, 1.54) is 0 Å². The van der Waals surface area contributed by atoms with Crippen LogP contribution in [0.5, 0.6) is 0 Å². The van der Waals surface area contributed by atoms with Gasteiger partial charge in [-0.1, -0.05) is 83.9 Å². The fraction of sp³-hybridized carbons (Fsp3) is 0.0714. The van der Waals surface area contributed by atoms with E-state index in [0.717, 1.165) is 41.8 Å². The molecular weight excluding hydrogens is 432 g/mol. The lowest BCUT2D eigenvalue weighted by Gasteiger charge is -2.08. The van der Waals surface area contributed by atoms with E-state index in [1.54, 1.807) is 0 Å². The smallest absolute Gasteiger partial charge is 0.0855 e. The van der Waals surface area contributed by atoms with Gasteiger partial charge in [-0.15, -0.1) is 0 Å². The monoisotopic (exact) mass is 456 g/mol. The van der Waals surface area contributed by atoms with E-state index >= 15 is 0 Å². The largest absolute Gasteiger partial charge is 0.249 e. The normalized spacial score (nSPS) is 13.2. The third-order valence-electron chi connectivity index (χ3n) is 5.15. The molecule has 0 aliphatic carbocycles.